The Morgan fingerprint density at radius 2 is 2.15 bits per heavy atom. The largest absolute Gasteiger partial charge is 0.469 e. The van der Waals surface area contributed by atoms with Gasteiger partial charge in [-0.15, -0.1) is 0 Å². The Hall–Kier alpha value is -0.760. The van der Waals surface area contributed by atoms with Gasteiger partial charge in [0, 0.05) is 12.0 Å². The molecule has 1 saturated carbocycles. The molecule has 0 spiro atoms. The maximum atomic E-state index is 6.23. The van der Waals surface area contributed by atoms with Gasteiger partial charge in [-0.05, 0) is 31.4 Å². The molecule has 0 aromatic carbocycles. The maximum Gasteiger partial charge on any atom is 0.103 e. The second kappa shape index (κ2) is 3.54. The Balaban J connectivity index is 1.85. The van der Waals surface area contributed by atoms with E-state index in [0.717, 1.165) is 18.6 Å². The van der Waals surface area contributed by atoms with Gasteiger partial charge in [-0.25, -0.2) is 0 Å². The predicted molar refractivity (Wildman–Crippen MR) is 52.4 cm³/mol. The van der Waals surface area contributed by atoms with Crippen LogP contribution in [-0.2, 0) is 6.42 Å². The summed E-state index contributed by atoms with van der Waals surface area (Å²) in [5, 5.41) is 0. The number of nitrogens with two attached hydrogens (primary N) is 1. The summed E-state index contributed by atoms with van der Waals surface area (Å²) in [6, 6.07) is 3.96. The van der Waals surface area contributed by atoms with Crippen LogP contribution in [0.3, 0.4) is 0 Å². The van der Waals surface area contributed by atoms with Crippen LogP contribution in [0.15, 0.2) is 22.8 Å². The second-order valence-electron chi connectivity index (χ2n) is 4.15. The molecule has 2 nitrogen and oxygen atoms in total. The lowest BCUT2D eigenvalue weighted by Crippen LogP contribution is -2.36. The van der Waals surface area contributed by atoms with E-state index >= 15 is 0 Å². The fraction of sp³-hybridized carbons (Fsp3) is 0.636. The Morgan fingerprint density at radius 1 is 1.38 bits per heavy atom. The van der Waals surface area contributed by atoms with Gasteiger partial charge in [0.2, 0.25) is 0 Å². The summed E-state index contributed by atoms with van der Waals surface area (Å²) in [7, 11) is 0. The summed E-state index contributed by atoms with van der Waals surface area (Å²) in [5.74, 6) is 1.07. The van der Waals surface area contributed by atoms with E-state index in [0.29, 0.717) is 0 Å². The van der Waals surface area contributed by atoms with Crippen molar-refractivity contribution in [3.63, 3.8) is 0 Å². The first-order valence-electron chi connectivity index (χ1n) is 5.10. The van der Waals surface area contributed by atoms with Crippen molar-refractivity contribution in [2.24, 2.45) is 5.73 Å². The zero-order valence-corrected chi connectivity index (χ0v) is 7.96. The van der Waals surface area contributed by atoms with Crippen molar-refractivity contribution in [1.29, 1.82) is 0 Å². The average molecular weight is 179 g/mol. The third-order valence-electron chi connectivity index (χ3n) is 3.05. The summed E-state index contributed by atoms with van der Waals surface area (Å²) in [5.41, 5.74) is 6.34. The maximum absolute atomic E-state index is 6.23. The molecule has 13 heavy (non-hydrogen) atoms. The van der Waals surface area contributed by atoms with Gasteiger partial charge in [0.15, 0.2) is 0 Å². The Morgan fingerprint density at radius 3 is 2.77 bits per heavy atom. The van der Waals surface area contributed by atoms with Gasteiger partial charge in [-0.2, -0.15) is 0 Å². The van der Waals surface area contributed by atoms with Crippen LogP contribution in [0.1, 0.15) is 37.9 Å². The van der Waals surface area contributed by atoms with Gasteiger partial charge in [-0.1, -0.05) is 12.8 Å². The summed E-state index contributed by atoms with van der Waals surface area (Å²) >= 11 is 0. The minimum atomic E-state index is 0.104. The van der Waals surface area contributed by atoms with E-state index in [9.17, 15) is 0 Å². The SMILES string of the molecule is NC1(CCc2ccco2)CCCC1. The van der Waals surface area contributed by atoms with E-state index < -0.39 is 0 Å². The quantitative estimate of drug-likeness (QED) is 0.774. The molecule has 1 aliphatic carbocycles. The first kappa shape index (κ1) is 8.82. The van der Waals surface area contributed by atoms with E-state index in [4.69, 9.17) is 10.2 Å². The number of aryl methyl sites for hydroxylation is 1. The molecule has 2 rings (SSSR count). The van der Waals surface area contributed by atoms with Crippen LogP contribution in [-0.4, -0.2) is 5.54 Å². The molecule has 1 heterocycles. The number of rotatable bonds is 3. The van der Waals surface area contributed by atoms with Crippen molar-refractivity contribution >= 4 is 0 Å². The van der Waals surface area contributed by atoms with E-state index in [1.807, 2.05) is 12.1 Å². The molecule has 0 amide bonds. The Kier molecular flexibility index (Phi) is 2.40. The molecule has 72 valence electrons. The van der Waals surface area contributed by atoms with Gasteiger partial charge >= 0.3 is 0 Å². The monoisotopic (exact) mass is 179 g/mol. The van der Waals surface area contributed by atoms with Gasteiger partial charge in [0.25, 0.3) is 0 Å². The molecule has 1 aliphatic rings. The van der Waals surface area contributed by atoms with E-state index in [1.54, 1.807) is 6.26 Å². The third kappa shape index (κ3) is 2.13. The van der Waals surface area contributed by atoms with Crippen LogP contribution in [0.4, 0.5) is 0 Å². The molecular formula is C11H17NO. The van der Waals surface area contributed by atoms with E-state index in [-0.39, 0.29) is 5.54 Å². The summed E-state index contributed by atoms with van der Waals surface area (Å²) in [6.07, 6.45) is 8.77. The molecule has 0 bridgehead atoms. The van der Waals surface area contributed by atoms with Crippen LogP contribution in [0.25, 0.3) is 0 Å². The molecule has 0 radical (unpaired) electrons. The zero-order valence-electron chi connectivity index (χ0n) is 7.96. The Bertz CT molecular complexity index is 247. The lowest BCUT2D eigenvalue weighted by Gasteiger charge is -2.22. The normalized spacial score (nSPS) is 20.7. The molecule has 1 fully saturated rings. The van der Waals surface area contributed by atoms with Gasteiger partial charge in [0.1, 0.15) is 5.76 Å². The highest BCUT2D eigenvalue weighted by molar-refractivity contribution is 5.01. The van der Waals surface area contributed by atoms with Crippen molar-refractivity contribution in [1.82, 2.24) is 0 Å². The van der Waals surface area contributed by atoms with Crippen molar-refractivity contribution in [2.75, 3.05) is 0 Å². The predicted octanol–water partition coefficient (Wildman–Crippen LogP) is 2.48. The van der Waals surface area contributed by atoms with Crippen LogP contribution in [0.5, 0.6) is 0 Å². The molecule has 1 aromatic heterocycles. The number of hydrogen-bond donors (Lipinski definition) is 1. The standard InChI is InChI=1S/C11H17NO/c12-11(6-1-2-7-11)8-5-10-4-3-9-13-10/h3-4,9H,1-2,5-8,12H2. The molecule has 0 unspecified atom stereocenters. The van der Waals surface area contributed by atoms with E-state index in [1.165, 1.54) is 25.7 Å². The average Bonchev–Trinajstić information content (AvgIpc) is 2.72. The lowest BCUT2D eigenvalue weighted by atomic mass is 9.92. The first-order valence-corrected chi connectivity index (χ1v) is 5.10. The summed E-state index contributed by atoms with van der Waals surface area (Å²) in [6.45, 7) is 0. The van der Waals surface area contributed by atoms with Gasteiger partial charge < -0.3 is 10.2 Å². The highest BCUT2D eigenvalue weighted by Crippen LogP contribution is 2.31. The Labute approximate surface area is 79.1 Å². The molecule has 0 saturated heterocycles. The fourth-order valence-corrected chi connectivity index (χ4v) is 2.16. The van der Waals surface area contributed by atoms with Crippen LogP contribution >= 0.6 is 0 Å². The van der Waals surface area contributed by atoms with Crippen LogP contribution in [0, 0.1) is 0 Å². The van der Waals surface area contributed by atoms with Crippen LogP contribution < -0.4 is 5.73 Å². The van der Waals surface area contributed by atoms with Crippen molar-refractivity contribution in [3.8, 4) is 0 Å². The summed E-state index contributed by atoms with van der Waals surface area (Å²) < 4.78 is 5.28. The fourth-order valence-electron chi connectivity index (χ4n) is 2.16. The van der Waals surface area contributed by atoms with Crippen LogP contribution in [0.2, 0.25) is 0 Å². The second-order valence-corrected chi connectivity index (χ2v) is 4.15. The molecule has 0 atom stereocenters. The number of hydrogen-bond acceptors (Lipinski definition) is 2. The molecule has 2 heteroatoms. The molecular weight excluding hydrogens is 162 g/mol. The minimum Gasteiger partial charge on any atom is -0.469 e. The van der Waals surface area contributed by atoms with E-state index in [2.05, 4.69) is 0 Å². The van der Waals surface area contributed by atoms with Gasteiger partial charge in [0.05, 0.1) is 6.26 Å². The topological polar surface area (TPSA) is 39.2 Å². The molecule has 1 aromatic rings. The third-order valence-corrected chi connectivity index (χ3v) is 3.05. The molecule has 2 N–H and O–H groups in total. The highest BCUT2D eigenvalue weighted by Gasteiger charge is 2.28. The number of furan rings is 1. The summed E-state index contributed by atoms with van der Waals surface area (Å²) in [4.78, 5) is 0. The lowest BCUT2D eigenvalue weighted by molar-refractivity contribution is 0.384. The molecule has 0 aliphatic heterocycles. The van der Waals surface area contributed by atoms with Crippen molar-refractivity contribution in [3.05, 3.63) is 24.2 Å². The highest BCUT2D eigenvalue weighted by atomic mass is 16.3. The first-order chi connectivity index (χ1) is 6.29. The smallest absolute Gasteiger partial charge is 0.103 e. The minimum absolute atomic E-state index is 0.104. The van der Waals surface area contributed by atoms with Gasteiger partial charge in [-0.3, -0.25) is 0 Å². The zero-order chi connectivity index (χ0) is 9.15. The van der Waals surface area contributed by atoms with Crippen molar-refractivity contribution < 1.29 is 4.42 Å². The van der Waals surface area contributed by atoms with Crippen molar-refractivity contribution in [2.45, 2.75) is 44.1 Å².